The van der Waals surface area contributed by atoms with Crippen molar-refractivity contribution in [1.82, 2.24) is 10.2 Å². The van der Waals surface area contributed by atoms with Gasteiger partial charge in [-0.1, -0.05) is 0 Å². The largest absolute Gasteiger partial charge is 0.381 e. The highest BCUT2D eigenvalue weighted by Gasteiger charge is 2.29. The zero-order valence-corrected chi connectivity index (χ0v) is 9.37. The van der Waals surface area contributed by atoms with E-state index in [4.69, 9.17) is 4.74 Å². The summed E-state index contributed by atoms with van der Waals surface area (Å²) < 4.78 is 5.14. The fourth-order valence-electron chi connectivity index (χ4n) is 2.26. The van der Waals surface area contributed by atoms with Crippen molar-refractivity contribution in [3.8, 4) is 0 Å². The first-order chi connectivity index (χ1) is 7.31. The van der Waals surface area contributed by atoms with E-state index < -0.39 is 0 Å². The number of hydrogen-bond donors (Lipinski definition) is 1. The maximum absolute atomic E-state index is 12.1. The van der Waals surface area contributed by atoms with Crippen LogP contribution in [0.25, 0.3) is 0 Å². The van der Waals surface area contributed by atoms with E-state index in [0.717, 1.165) is 45.6 Å². The van der Waals surface area contributed by atoms with Crippen LogP contribution in [-0.4, -0.2) is 50.2 Å². The molecule has 1 amide bonds. The number of carbonyl (C=O) groups excluding carboxylic acids is 1. The quantitative estimate of drug-likeness (QED) is 0.728. The van der Waals surface area contributed by atoms with Crippen LogP contribution in [0.2, 0.25) is 0 Å². The summed E-state index contributed by atoms with van der Waals surface area (Å²) in [4.78, 5) is 14.1. The van der Waals surface area contributed by atoms with Gasteiger partial charge >= 0.3 is 0 Å². The zero-order valence-electron chi connectivity index (χ0n) is 9.37. The van der Waals surface area contributed by atoms with Gasteiger partial charge in [-0.3, -0.25) is 4.79 Å². The van der Waals surface area contributed by atoms with Crippen LogP contribution in [-0.2, 0) is 9.53 Å². The molecule has 0 saturated carbocycles. The summed E-state index contributed by atoms with van der Waals surface area (Å²) in [6.45, 7) is 3.46. The molecule has 1 unspecified atom stereocenters. The van der Waals surface area contributed by atoms with Gasteiger partial charge < -0.3 is 15.0 Å². The number of rotatable bonds is 3. The smallest absolute Gasteiger partial charge is 0.239 e. The maximum atomic E-state index is 12.1. The van der Waals surface area contributed by atoms with E-state index >= 15 is 0 Å². The van der Waals surface area contributed by atoms with Crippen LogP contribution >= 0.6 is 0 Å². The summed E-state index contributed by atoms with van der Waals surface area (Å²) in [6, 6.07) is 0.0356. The highest BCUT2D eigenvalue weighted by Crippen LogP contribution is 2.17. The van der Waals surface area contributed by atoms with Crippen molar-refractivity contribution in [3.63, 3.8) is 0 Å². The van der Waals surface area contributed by atoms with Gasteiger partial charge in [0, 0.05) is 19.0 Å². The molecule has 0 aromatic heterocycles. The fourth-order valence-corrected chi connectivity index (χ4v) is 2.26. The van der Waals surface area contributed by atoms with Crippen LogP contribution in [0.1, 0.15) is 19.3 Å². The molecule has 0 aliphatic carbocycles. The number of nitrogens with zero attached hydrogens (tertiary/aromatic N) is 1. The number of carbonyl (C=O) groups is 1. The molecule has 2 aliphatic heterocycles. The van der Waals surface area contributed by atoms with Gasteiger partial charge in [-0.05, 0) is 26.3 Å². The van der Waals surface area contributed by atoms with Gasteiger partial charge in [0.2, 0.25) is 5.91 Å². The van der Waals surface area contributed by atoms with Gasteiger partial charge in [-0.25, -0.2) is 0 Å². The van der Waals surface area contributed by atoms with Crippen molar-refractivity contribution in [2.75, 3.05) is 33.4 Å². The van der Waals surface area contributed by atoms with Crippen molar-refractivity contribution in [2.24, 2.45) is 5.92 Å². The molecule has 0 bridgehead atoms. The summed E-state index contributed by atoms with van der Waals surface area (Å²) in [7, 11) is 1.87. The van der Waals surface area contributed by atoms with Crippen LogP contribution in [0, 0.1) is 5.92 Å². The van der Waals surface area contributed by atoms with E-state index in [1.807, 2.05) is 11.9 Å². The zero-order chi connectivity index (χ0) is 10.7. The molecular formula is C11H20N2O2. The summed E-state index contributed by atoms with van der Waals surface area (Å²) in [5.41, 5.74) is 0. The topological polar surface area (TPSA) is 41.6 Å². The Labute approximate surface area is 91.0 Å². The Kier molecular flexibility index (Phi) is 3.59. The lowest BCUT2D eigenvalue weighted by Gasteiger charge is -2.33. The van der Waals surface area contributed by atoms with E-state index in [9.17, 15) is 4.79 Å². The van der Waals surface area contributed by atoms with Crippen LogP contribution < -0.4 is 5.32 Å². The lowest BCUT2D eigenvalue weighted by atomic mass is 10.1. The molecule has 4 heteroatoms. The van der Waals surface area contributed by atoms with Gasteiger partial charge in [0.15, 0.2) is 0 Å². The minimum absolute atomic E-state index is 0.0356. The fraction of sp³-hybridized carbons (Fsp3) is 0.909. The van der Waals surface area contributed by atoms with Gasteiger partial charge in [-0.15, -0.1) is 0 Å². The summed E-state index contributed by atoms with van der Waals surface area (Å²) in [6.07, 6.45) is 3.26. The number of nitrogens with one attached hydrogen (secondary N) is 1. The molecule has 4 nitrogen and oxygen atoms in total. The Morgan fingerprint density at radius 2 is 2.27 bits per heavy atom. The van der Waals surface area contributed by atoms with E-state index in [-0.39, 0.29) is 11.9 Å². The highest BCUT2D eigenvalue weighted by atomic mass is 16.5. The second-order valence-corrected chi connectivity index (χ2v) is 4.52. The maximum Gasteiger partial charge on any atom is 0.239 e. The molecule has 15 heavy (non-hydrogen) atoms. The monoisotopic (exact) mass is 212 g/mol. The van der Waals surface area contributed by atoms with Crippen LogP contribution in [0.4, 0.5) is 0 Å². The minimum atomic E-state index is 0.0356. The lowest BCUT2D eigenvalue weighted by Crippen LogP contribution is -2.48. The third-order valence-electron chi connectivity index (χ3n) is 3.31. The first kappa shape index (κ1) is 10.9. The molecular weight excluding hydrogens is 192 g/mol. The van der Waals surface area contributed by atoms with Crippen molar-refractivity contribution >= 4 is 5.91 Å². The second-order valence-electron chi connectivity index (χ2n) is 4.52. The number of likely N-dealkylation sites (tertiary alicyclic amines) is 1. The Hall–Kier alpha value is -0.610. The molecule has 2 saturated heterocycles. The molecule has 2 heterocycles. The average Bonchev–Trinajstić information content (AvgIpc) is 2.35. The summed E-state index contributed by atoms with van der Waals surface area (Å²) in [5.74, 6) is 0.853. The Balaban J connectivity index is 1.91. The number of ether oxygens (including phenoxy) is 1. The lowest BCUT2D eigenvalue weighted by molar-refractivity contribution is -0.136. The third kappa shape index (κ3) is 2.49. The van der Waals surface area contributed by atoms with Gasteiger partial charge in [0.05, 0.1) is 19.3 Å². The predicted octanol–water partition coefficient (Wildman–Crippen LogP) is 0.233. The highest BCUT2D eigenvalue weighted by molar-refractivity contribution is 5.82. The Morgan fingerprint density at radius 1 is 1.47 bits per heavy atom. The molecule has 0 aromatic rings. The van der Waals surface area contributed by atoms with Crippen molar-refractivity contribution in [3.05, 3.63) is 0 Å². The molecule has 2 fully saturated rings. The van der Waals surface area contributed by atoms with Crippen LogP contribution in [0.3, 0.4) is 0 Å². The summed E-state index contributed by atoms with van der Waals surface area (Å²) >= 11 is 0. The van der Waals surface area contributed by atoms with Crippen LogP contribution in [0.5, 0.6) is 0 Å². The van der Waals surface area contributed by atoms with Gasteiger partial charge in [0.25, 0.3) is 0 Å². The second kappa shape index (κ2) is 4.94. The predicted molar refractivity (Wildman–Crippen MR) is 57.6 cm³/mol. The van der Waals surface area contributed by atoms with E-state index in [0.29, 0.717) is 5.92 Å². The molecule has 2 rings (SSSR count). The normalized spacial score (nSPS) is 28.7. The van der Waals surface area contributed by atoms with Crippen molar-refractivity contribution in [1.29, 1.82) is 0 Å². The Bertz CT molecular complexity index is 229. The van der Waals surface area contributed by atoms with E-state index in [1.165, 1.54) is 0 Å². The van der Waals surface area contributed by atoms with Crippen LogP contribution in [0.15, 0.2) is 0 Å². The molecule has 0 spiro atoms. The van der Waals surface area contributed by atoms with E-state index in [2.05, 4.69) is 5.32 Å². The molecule has 1 atom stereocenters. The third-order valence-corrected chi connectivity index (χ3v) is 3.31. The van der Waals surface area contributed by atoms with Crippen molar-refractivity contribution in [2.45, 2.75) is 25.3 Å². The first-order valence-corrected chi connectivity index (χ1v) is 5.85. The van der Waals surface area contributed by atoms with Gasteiger partial charge in [-0.2, -0.15) is 0 Å². The standard InChI is InChI=1S/C11H20N2O2/c1-12-10-4-2-3-5-13(11(10)14)6-9-7-15-8-9/h9-10,12H,2-8H2,1H3. The SMILES string of the molecule is CNC1CCCCN(CC2COC2)C1=O. The molecule has 0 radical (unpaired) electrons. The number of hydrogen-bond acceptors (Lipinski definition) is 3. The van der Waals surface area contributed by atoms with Crippen molar-refractivity contribution < 1.29 is 9.53 Å². The first-order valence-electron chi connectivity index (χ1n) is 5.85. The van der Waals surface area contributed by atoms with Gasteiger partial charge in [0.1, 0.15) is 0 Å². The molecule has 1 N–H and O–H groups in total. The summed E-state index contributed by atoms with van der Waals surface area (Å²) in [5, 5.41) is 3.11. The average molecular weight is 212 g/mol. The Morgan fingerprint density at radius 3 is 2.87 bits per heavy atom. The molecule has 0 aromatic carbocycles. The number of likely N-dealkylation sites (N-methyl/N-ethyl adjacent to an activating group) is 1. The number of amides is 1. The minimum Gasteiger partial charge on any atom is -0.381 e. The molecule has 2 aliphatic rings. The van der Waals surface area contributed by atoms with E-state index in [1.54, 1.807) is 0 Å². The molecule has 86 valence electrons.